The van der Waals surface area contributed by atoms with Crippen molar-refractivity contribution in [1.29, 1.82) is 0 Å². The van der Waals surface area contributed by atoms with Gasteiger partial charge in [-0.3, -0.25) is 14.4 Å². The second-order valence-electron chi connectivity index (χ2n) is 11.3. The van der Waals surface area contributed by atoms with E-state index in [0.717, 1.165) is 31.0 Å². The molecule has 268 valence electrons. The standard InChI is InChI=1S/C36H31F6N3O6/c1-2-3-13-51-29-11-9-22(10-12-29)31(46)43-27-17-24(33(48)45-30(34(49)50)14-21-7-5-4-6-8-21)18-28(20-27)44-32(47)23-15-25(35(37,38)39)19-26(16-23)36(40,41)42/h4-12,15-20,30H,2-3,13-14H2,1H3,(H,43,46)(H,44,47)(H,45,48)(H,49,50)/t30-/m0/s1. The first-order chi connectivity index (χ1) is 24.0. The molecule has 4 aromatic rings. The quantitative estimate of drug-likeness (QED) is 0.0824. The molecule has 3 amide bonds. The summed E-state index contributed by atoms with van der Waals surface area (Å²) < 4.78 is 86.2. The number of hydrogen-bond donors (Lipinski definition) is 4. The minimum Gasteiger partial charge on any atom is -0.494 e. The lowest BCUT2D eigenvalue weighted by Crippen LogP contribution is -2.42. The summed E-state index contributed by atoms with van der Waals surface area (Å²) in [6.45, 7) is 2.47. The third-order valence-electron chi connectivity index (χ3n) is 7.33. The average molecular weight is 716 g/mol. The van der Waals surface area contributed by atoms with E-state index in [4.69, 9.17) is 4.74 Å². The van der Waals surface area contributed by atoms with Crippen molar-refractivity contribution in [3.05, 3.63) is 124 Å². The van der Waals surface area contributed by atoms with Crippen LogP contribution in [-0.4, -0.2) is 41.4 Å². The molecule has 4 rings (SSSR count). The number of unbranched alkanes of at least 4 members (excludes halogenated alkanes) is 1. The molecule has 0 aliphatic carbocycles. The van der Waals surface area contributed by atoms with Gasteiger partial charge in [0.1, 0.15) is 11.8 Å². The molecule has 0 aromatic heterocycles. The Morgan fingerprint density at radius 2 is 1.22 bits per heavy atom. The zero-order valence-electron chi connectivity index (χ0n) is 26.8. The third-order valence-corrected chi connectivity index (χ3v) is 7.33. The van der Waals surface area contributed by atoms with Gasteiger partial charge in [0.2, 0.25) is 0 Å². The number of nitrogens with one attached hydrogen (secondary N) is 3. The summed E-state index contributed by atoms with van der Waals surface area (Å²) in [7, 11) is 0. The van der Waals surface area contributed by atoms with Gasteiger partial charge < -0.3 is 25.8 Å². The highest BCUT2D eigenvalue weighted by Crippen LogP contribution is 2.36. The van der Waals surface area contributed by atoms with E-state index in [1.54, 1.807) is 42.5 Å². The largest absolute Gasteiger partial charge is 0.494 e. The van der Waals surface area contributed by atoms with Crippen molar-refractivity contribution in [1.82, 2.24) is 5.32 Å². The number of hydrogen-bond acceptors (Lipinski definition) is 5. The predicted octanol–water partition coefficient (Wildman–Crippen LogP) is 7.83. The van der Waals surface area contributed by atoms with Crippen molar-refractivity contribution in [3.8, 4) is 5.75 Å². The fraction of sp³-hybridized carbons (Fsp3) is 0.222. The van der Waals surface area contributed by atoms with Crippen molar-refractivity contribution in [2.24, 2.45) is 0 Å². The molecule has 0 aliphatic heterocycles. The number of amides is 3. The molecule has 1 atom stereocenters. The number of carboxylic acids is 1. The number of aliphatic carboxylic acids is 1. The monoisotopic (exact) mass is 715 g/mol. The Morgan fingerprint density at radius 1 is 0.686 bits per heavy atom. The highest BCUT2D eigenvalue weighted by molar-refractivity contribution is 6.08. The minimum absolute atomic E-state index is 0.114. The Morgan fingerprint density at radius 3 is 1.73 bits per heavy atom. The van der Waals surface area contributed by atoms with Crippen LogP contribution < -0.4 is 20.7 Å². The number of rotatable bonds is 13. The SMILES string of the molecule is CCCCOc1ccc(C(=O)Nc2cc(NC(=O)c3cc(C(F)(F)F)cc(C(F)(F)F)c3)cc(C(=O)N[C@@H](Cc3ccccc3)C(=O)O)c2)cc1. The summed E-state index contributed by atoms with van der Waals surface area (Å²) in [4.78, 5) is 51.6. The smallest absolute Gasteiger partial charge is 0.416 e. The number of carboxylic acid groups (broad SMARTS) is 1. The summed E-state index contributed by atoms with van der Waals surface area (Å²) >= 11 is 0. The molecule has 4 aromatic carbocycles. The molecular weight excluding hydrogens is 684 g/mol. The predicted molar refractivity (Wildman–Crippen MR) is 175 cm³/mol. The Kier molecular flexibility index (Phi) is 12.1. The molecule has 0 unspecified atom stereocenters. The molecule has 0 saturated heterocycles. The Labute approximate surface area is 287 Å². The van der Waals surface area contributed by atoms with E-state index < -0.39 is 58.8 Å². The van der Waals surface area contributed by atoms with Crippen molar-refractivity contribution < 1.29 is 55.4 Å². The van der Waals surface area contributed by atoms with Gasteiger partial charge in [0.05, 0.1) is 17.7 Å². The highest BCUT2D eigenvalue weighted by Gasteiger charge is 2.37. The van der Waals surface area contributed by atoms with E-state index in [1.165, 1.54) is 12.1 Å². The van der Waals surface area contributed by atoms with Crippen molar-refractivity contribution in [3.63, 3.8) is 0 Å². The maximum absolute atomic E-state index is 13.4. The van der Waals surface area contributed by atoms with E-state index in [0.29, 0.717) is 17.9 Å². The van der Waals surface area contributed by atoms with Crippen LogP contribution in [0, 0.1) is 0 Å². The fourth-order valence-electron chi connectivity index (χ4n) is 4.72. The van der Waals surface area contributed by atoms with Crippen molar-refractivity contribution >= 4 is 35.1 Å². The molecule has 51 heavy (non-hydrogen) atoms. The molecular formula is C36H31F6N3O6. The van der Waals surface area contributed by atoms with Crippen LogP contribution in [0.1, 0.15) is 67.5 Å². The normalized spacial score (nSPS) is 12.1. The number of benzene rings is 4. The van der Waals surface area contributed by atoms with Gasteiger partial charge in [0.25, 0.3) is 17.7 Å². The number of carbonyl (C=O) groups excluding carboxylic acids is 3. The number of anilines is 2. The first-order valence-corrected chi connectivity index (χ1v) is 15.4. The Bertz CT molecular complexity index is 1850. The second kappa shape index (κ2) is 16.2. The summed E-state index contributed by atoms with van der Waals surface area (Å²) in [5, 5.41) is 16.8. The highest BCUT2D eigenvalue weighted by atomic mass is 19.4. The van der Waals surface area contributed by atoms with E-state index in [1.807, 2.05) is 6.92 Å². The van der Waals surface area contributed by atoms with Crippen LogP contribution in [-0.2, 0) is 23.6 Å². The zero-order valence-corrected chi connectivity index (χ0v) is 26.8. The van der Waals surface area contributed by atoms with Gasteiger partial charge in [-0.05, 0) is 72.6 Å². The number of alkyl halides is 6. The van der Waals surface area contributed by atoms with Crippen LogP contribution in [0.25, 0.3) is 0 Å². The Balaban J connectivity index is 1.66. The average Bonchev–Trinajstić information content (AvgIpc) is 3.07. The lowest BCUT2D eigenvalue weighted by atomic mass is 10.0. The summed E-state index contributed by atoms with van der Waals surface area (Å²) in [5.41, 5.74) is -4.44. The second-order valence-corrected chi connectivity index (χ2v) is 11.3. The van der Waals surface area contributed by atoms with Gasteiger partial charge in [-0.15, -0.1) is 0 Å². The van der Waals surface area contributed by atoms with E-state index in [-0.39, 0.29) is 47.1 Å². The molecule has 0 radical (unpaired) electrons. The minimum atomic E-state index is -5.22. The maximum atomic E-state index is 13.4. The van der Waals surface area contributed by atoms with E-state index in [9.17, 15) is 50.6 Å². The maximum Gasteiger partial charge on any atom is 0.416 e. The number of carbonyl (C=O) groups is 4. The van der Waals surface area contributed by atoms with Crippen molar-refractivity contribution in [2.45, 2.75) is 44.6 Å². The van der Waals surface area contributed by atoms with Crippen molar-refractivity contribution in [2.75, 3.05) is 17.2 Å². The fourth-order valence-corrected chi connectivity index (χ4v) is 4.72. The molecule has 15 heteroatoms. The zero-order chi connectivity index (χ0) is 37.3. The first kappa shape index (κ1) is 38.0. The molecule has 0 spiro atoms. The van der Waals surface area contributed by atoms with Crippen LogP contribution in [0.4, 0.5) is 37.7 Å². The number of halogens is 6. The van der Waals surface area contributed by atoms with Crippen LogP contribution in [0.5, 0.6) is 5.75 Å². The topological polar surface area (TPSA) is 134 Å². The van der Waals surface area contributed by atoms with E-state index in [2.05, 4.69) is 16.0 Å². The van der Waals surface area contributed by atoms with Gasteiger partial charge >= 0.3 is 18.3 Å². The van der Waals surface area contributed by atoms with Gasteiger partial charge in [-0.1, -0.05) is 43.7 Å². The summed E-state index contributed by atoms with van der Waals surface area (Å²) in [5.74, 6) is -3.93. The lowest BCUT2D eigenvalue weighted by Gasteiger charge is -2.17. The molecule has 0 aliphatic rings. The van der Waals surface area contributed by atoms with Crippen LogP contribution in [0.2, 0.25) is 0 Å². The van der Waals surface area contributed by atoms with E-state index >= 15 is 0 Å². The molecule has 0 fully saturated rings. The van der Waals surface area contributed by atoms with Gasteiger partial charge in [-0.25, -0.2) is 4.79 Å². The van der Waals surface area contributed by atoms with Crippen LogP contribution in [0.15, 0.2) is 91.0 Å². The summed E-state index contributed by atoms with van der Waals surface area (Å²) in [6, 6.07) is 16.6. The number of ether oxygens (including phenoxy) is 1. The van der Waals surface area contributed by atoms with Gasteiger partial charge in [0, 0.05) is 34.5 Å². The van der Waals surface area contributed by atoms with Crippen LogP contribution >= 0.6 is 0 Å². The van der Waals surface area contributed by atoms with Gasteiger partial charge in [0.15, 0.2) is 0 Å². The molecule has 0 bridgehead atoms. The van der Waals surface area contributed by atoms with Crippen LogP contribution in [0.3, 0.4) is 0 Å². The molecule has 4 N–H and O–H groups in total. The molecule has 0 heterocycles. The third kappa shape index (κ3) is 10.8. The summed E-state index contributed by atoms with van der Waals surface area (Å²) in [6.07, 6.45) is -8.81. The first-order valence-electron chi connectivity index (χ1n) is 15.4. The molecule has 9 nitrogen and oxygen atoms in total. The van der Waals surface area contributed by atoms with Gasteiger partial charge in [-0.2, -0.15) is 26.3 Å². The molecule has 0 saturated carbocycles. The Hall–Kier alpha value is -5.86. The lowest BCUT2D eigenvalue weighted by molar-refractivity contribution is -0.143.